The molecule has 1 radical (unpaired) electrons. The van der Waals surface area contributed by atoms with E-state index in [-0.39, 0.29) is 8.80 Å². The van der Waals surface area contributed by atoms with E-state index >= 15 is 0 Å². The van der Waals surface area contributed by atoms with Gasteiger partial charge in [-0.05, 0) is 12.1 Å². The van der Waals surface area contributed by atoms with Crippen LogP contribution in [-0.4, -0.2) is 30.1 Å². The fourth-order valence-corrected chi connectivity index (χ4v) is 2.07. The van der Waals surface area contributed by atoms with Gasteiger partial charge in [-0.15, -0.1) is 0 Å². The molecule has 4 heteroatoms. The normalized spacial score (nSPS) is 11.5. The van der Waals surface area contributed by atoms with Gasteiger partial charge in [0.15, 0.2) is 0 Å². The summed E-state index contributed by atoms with van der Waals surface area (Å²) in [5.74, 6) is 0. The zero-order valence-electron chi connectivity index (χ0n) is 9.94. The van der Waals surface area contributed by atoms with Crippen LogP contribution in [0.5, 0.6) is 0 Å². The van der Waals surface area contributed by atoms with E-state index in [1.165, 1.54) is 12.1 Å². The summed E-state index contributed by atoms with van der Waals surface area (Å²) in [6.07, 6.45) is 0. The van der Waals surface area contributed by atoms with Gasteiger partial charge in [-0.1, -0.05) is 32.7 Å². The topological polar surface area (TPSA) is 9.23 Å². The Hall–Kier alpha value is -0.606. The first-order valence-corrected chi connectivity index (χ1v) is 11.2. The molecule has 0 amide bonds. The molecule has 0 rings (SSSR count). The molecule has 0 spiro atoms. The molecule has 0 fully saturated rings. The van der Waals surface area contributed by atoms with Crippen LogP contribution in [0.15, 0.2) is 0 Å². The van der Waals surface area contributed by atoms with Crippen LogP contribution in [0.1, 0.15) is 0 Å². The van der Waals surface area contributed by atoms with Gasteiger partial charge in [0.1, 0.15) is 0 Å². The van der Waals surface area contributed by atoms with E-state index in [1.807, 2.05) is 0 Å². The van der Waals surface area contributed by atoms with Gasteiger partial charge in [0.2, 0.25) is 0 Å². The number of hydrogen-bond acceptors (Lipinski definition) is 1. The summed E-state index contributed by atoms with van der Waals surface area (Å²) in [5.41, 5.74) is 0. The van der Waals surface area contributed by atoms with Crippen molar-refractivity contribution in [2.75, 3.05) is 13.2 Å². The van der Waals surface area contributed by atoms with Crippen molar-refractivity contribution in [1.29, 1.82) is 0 Å². The van der Waals surface area contributed by atoms with Crippen molar-refractivity contribution in [1.82, 2.24) is 0 Å². The third-order valence-electron chi connectivity index (χ3n) is 1.74. The second-order valence-corrected chi connectivity index (χ2v) is 13.4. The maximum Gasteiger partial charge on any atom is 0.0466 e. The second kappa shape index (κ2) is 6.86. The molecule has 0 aliphatic rings. The average molecular weight is 470 g/mol. The third-order valence-corrected chi connectivity index (χ3v) is 4.65. The minimum absolute atomic E-state index is 0. The number of ether oxygens (including phenoxy) is 1. The van der Waals surface area contributed by atoms with Gasteiger partial charge in [0, 0.05) is 30.1 Å². The SMILES string of the molecule is C[Si](C)CCOCC[Si](C)(C)C.[Rf]. The molecule has 0 saturated carbocycles. The van der Waals surface area contributed by atoms with Crippen LogP contribution < -0.4 is 0 Å². The molecule has 13 heavy (non-hydrogen) atoms. The van der Waals surface area contributed by atoms with Gasteiger partial charge in [-0.25, -0.2) is 0 Å². The van der Waals surface area contributed by atoms with Gasteiger partial charge in [-0.3, -0.25) is 0 Å². The molecule has 1 nitrogen and oxygen atoms in total. The van der Waals surface area contributed by atoms with Gasteiger partial charge in [0.25, 0.3) is 0 Å². The molecule has 0 aromatic heterocycles. The van der Waals surface area contributed by atoms with Gasteiger partial charge in [0.05, 0.1) is 0 Å². The predicted molar refractivity (Wildman–Crippen MR) is 61.3 cm³/mol. The smallest absolute Gasteiger partial charge is 0.0466 e. The molecule has 0 atom stereocenters. The Labute approximate surface area is 80.1 Å². The van der Waals surface area contributed by atoms with Gasteiger partial charge >= 0.3 is 0 Å². The molecule has 75 valence electrons. The van der Waals surface area contributed by atoms with Crippen molar-refractivity contribution in [2.45, 2.75) is 44.8 Å². The molecule has 0 aromatic carbocycles. The van der Waals surface area contributed by atoms with Crippen LogP contribution in [0, 0.1) is 0 Å². The predicted octanol–water partition coefficient (Wildman–Crippen LogP) is 3.10. The van der Waals surface area contributed by atoms with Crippen molar-refractivity contribution in [3.63, 3.8) is 0 Å². The second-order valence-electron chi connectivity index (χ2n) is 4.88. The maximum atomic E-state index is 5.58. The van der Waals surface area contributed by atoms with Crippen LogP contribution in [0.4, 0.5) is 0 Å². The molecule has 0 aliphatic carbocycles. The molecule has 0 bridgehead atoms. The maximum absolute atomic E-state index is 5.58. The quantitative estimate of drug-likeness (QED) is 0.428. The van der Waals surface area contributed by atoms with E-state index in [1.54, 1.807) is 0 Å². The summed E-state index contributed by atoms with van der Waals surface area (Å²) < 4.78 is 5.58. The molecule has 0 aliphatic heterocycles. The molecule has 0 N–H and O–H groups in total. The molecule has 0 heterocycles. The Bertz CT molecular complexity index is 113. The van der Waals surface area contributed by atoms with E-state index in [0.717, 1.165) is 13.2 Å². The zero-order chi connectivity index (χ0) is 9.61. The summed E-state index contributed by atoms with van der Waals surface area (Å²) in [7, 11) is -0.915. The molecular weight excluding hydrogens is 447 g/mol. The first-order valence-electron chi connectivity index (χ1n) is 4.78. The Kier molecular flexibility index (Phi) is 7.86. The van der Waals surface area contributed by atoms with Crippen molar-refractivity contribution in [2.24, 2.45) is 0 Å². The van der Waals surface area contributed by atoms with Crippen molar-refractivity contribution >= 4 is 16.9 Å². The zero-order valence-corrected chi connectivity index (χ0v) is 18.3. The Morgan fingerprint density at radius 1 is 1.08 bits per heavy atom. The number of hydrogen-bond donors (Lipinski definition) is 0. The standard InChI is InChI=1S/C9H23OSi2.Rf/c1-11(2)8-6-10-7-9-12(3,4)5;/h6-9H2,1-5H3;. The molecule has 0 unspecified atom stereocenters. The Morgan fingerprint density at radius 3 is 2.00 bits per heavy atom. The third kappa shape index (κ3) is 14.3. The van der Waals surface area contributed by atoms with Crippen LogP contribution in [0.3, 0.4) is 0 Å². The van der Waals surface area contributed by atoms with Crippen molar-refractivity contribution in [3.8, 4) is 0 Å². The largest absolute Gasteiger partial charge is 0.382 e. The van der Waals surface area contributed by atoms with E-state index < -0.39 is 8.07 Å². The fourth-order valence-electron chi connectivity index (χ4n) is 0.757. The van der Waals surface area contributed by atoms with Crippen molar-refractivity contribution in [3.05, 3.63) is 0 Å². The Morgan fingerprint density at radius 2 is 1.62 bits per heavy atom. The minimum Gasteiger partial charge on any atom is -0.382 e. The minimum atomic E-state index is -0.851. The molecule has 0 aromatic rings. The monoisotopic (exact) mass is 470 g/mol. The molecule has 0 saturated heterocycles. The van der Waals surface area contributed by atoms with E-state index in [2.05, 4.69) is 32.7 Å². The summed E-state index contributed by atoms with van der Waals surface area (Å²) in [5, 5.41) is 0. The summed E-state index contributed by atoms with van der Waals surface area (Å²) in [4.78, 5) is 0. The van der Waals surface area contributed by atoms with Crippen LogP contribution >= 0.6 is 0 Å². The average Bonchev–Trinajstić information content (AvgIpc) is 1.83. The van der Waals surface area contributed by atoms with E-state index in [9.17, 15) is 0 Å². The van der Waals surface area contributed by atoms with E-state index in [4.69, 9.17) is 4.74 Å². The Balaban J connectivity index is 0. The first-order chi connectivity index (χ1) is 5.42. The van der Waals surface area contributed by atoms with Gasteiger partial charge in [-0.2, -0.15) is 0 Å². The van der Waals surface area contributed by atoms with Gasteiger partial charge < -0.3 is 4.74 Å². The summed E-state index contributed by atoms with van der Waals surface area (Å²) >= 11 is 0. The van der Waals surface area contributed by atoms with Crippen LogP contribution in [0.25, 0.3) is 0 Å². The molecular formula is C9H23ORfSi2. The summed E-state index contributed by atoms with van der Waals surface area (Å²) in [6, 6.07) is 2.61. The van der Waals surface area contributed by atoms with Crippen LogP contribution in [0.2, 0.25) is 44.8 Å². The number of rotatable bonds is 6. The first kappa shape index (κ1) is 14.9. The van der Waals surface area contributed by atoms with Crippen molar-refractivity contribution < 1.29 is 4.74 Å². The van der Waals surface area contributed by atoms with E-state index in [0.29, 0.717) is 0 Å². The fraction of sp³-hybridized carbons (Fsp3) is 1.00. The summed E-state index contributed by atoms with van der Waals surface area (Å²) in [6.45, 7) is 13.8. The van der Waals surface area contributed by atoms with Crippen LogP contribution in [-0.2, 0) is 4.74 Å².